The number of halogens is 2. The zero-order valence-corrected chi connectivity index (χ0v) is 13.8. The van der Waals surface area contributed by atoms with Crippen molar-refractivity contribution in [1.82, 2.24) is 25.0 Å². The summed E-state index contributed by atoms with van der Waals surface area (Å²) in [5.41, 5.74) is 5.99. The molecule has 142 valence electrons. The molecule has 0 aliphatic rings. The molecule has 0 saturated carbocycles. The monoisotopic (exact) mass is 388 g/mol. The Morgan fingerprint density at radius 1 is 1.29 bits per heavy atom. The lowest BCUT2D eigenvalue weighted by atomic mass is 10.2. The van der Waals surface area contributed by atoms with Gasteiger partial charge in [0.2, 0.25) is 5.95 Å². The lowest BCUT2D eigenvalue weighted by Gasteiger charge is -2.08. The third-order valence-corrected chi connectivity index (χ3v) is 3.76. The molecule has 1 aromatic carbocycles. The molecule has 0 aliphatic carbocycles. The molecule has 0 radical (unpaired) electrons. The third kappa shape index (κ3) is 3.06. The quantitative estimate of drug-likeness (QED) is 0.398. The zero-order chi connectivity index (χ0) is 19.8. The predicted molar refractivity (Wildman–Crippen MR) is 89.3 cm³/mol. The first kappa shape index (κ1) is 17.3. The van der Waals surface area contributed by atoms with Crippen LogP contribution in [0.15, 0.2) is 34.9 Å². The van der Waals surface area contributed by atoms with Gasteiger partial charge in [0, 0.05) is 17.7 Å². The van der Waals surface area contributed by atoms with Crippen molar-refractivity contribution < 1.29 is 27.8 Å². The lowest BCUT2D eigenvalue weighted by Crippen LogP contribution is -2.10. The number of furan rings is 1. The van der Waals surface area contributed by atoms with E-state index >= 15 is 0 Å². The van der Waals surface area contributed by atoms with Crippen LogP contribution in [0, 0.1) is 11.6 Å². The summed E-state index contributed by atoms with van der Waals surface area (Å²) in [6.45, 7) is -0.379. The second-order valence-corrected chi connectivity index (χ2v) is 5.56. The summed E-state index contributed by atoms with van der Waals surface area (Å²) in [5.74, 6) is -2.25. The Labute approximate surface area is 154 Å². The first-order chi connectivity index (χ1) is 13.4. The first-order valence-electron chi connectivity index (χ1n) is 7.71. The van der Waals surface area contributed by atoms with Gasteiger partial charge in [-0.3, -0.25) is 0 Å². The van der Waals surface area contributed by atoms with E-state index in [9.17, 15) is 13.6 Å². The Morgan fingerprint density at radius 2 is 2.04 bits per heavy atom. The molecular weight excluding hydrogens is 378 g/mol. The van der Waals surface area contributed by atoms with Crippen molar-refractivity contribution in [2.75, 3.05) is 5.73 Å². The average Bonchev–Trinajstić information content (AvgIpc) is 3.27. The summed E-state index contributed by atoms with van der Waals surface area (Å²) < 4.78 is 39.3. The molecule has 4 aromatic rings. The number of hydrogen-bond donors (Lipinski definition) is 2. The van der Waals surface area contributed by atoms with Crippen molar-refractivity contribution in [2.45, 2.75) is 6.54 Å². The number of nitrogens with zero attached hydrogens (tertiary/aromatic N) is 5. The molecule has 0 aliphatic heterocycles. The van der Waals surface area contributed by atoms with E-state index in [1.807, 2.05) is 0 Å². The van der Waals surface area contributed by atoms with Gasteiger partial charge >= 0.3 is 6.16 Å². The number of carboxylic acid groups (broad SMARTS) is 1. The Morgan fingerprint density at radius 3 is 2.68 bits per heavy atom. The molecule has 3 aromatic heterocycles. The summed E-state index contributed by atoms with van der Waals surface area (Å²) in [6, 6.07) is 4.79. The number of aromatic nitrogens is 5. The van der Waals surface area contributed by atoms with E-state index in [-0.39, 0.29) is 34.9 Å². The maximum atomic E-state index is 14.3. The fourth-order valence-corrected chi connectivity index (χ4v) is 2.60. The molecule has 12 heteroatoms. The minimum Gasteiger partial charge on any atom is -0.463 e. The van der Waals surface area contributed by atoms with E-state index in [4.69, 9.17) is 15.3 Å². The summed E-state index contributed by atoms with van der Waals surface area (Å²) in [7, 11) is 0. The van der Waals surface area contributed by atoms with Gasteiger partial charge in [-0.2, -0.15) is 4.98 Å². The minimum absolute atomic E-state index is 0.103. The van der Waals surface area contributed by atoms with Crippen LogP contribution < -0.4 is 10.5 Å². The molecule has 10 nitrogen and oxygen atoms in total. The third-order valence-electron chi connectivity index (χ3n) is 3.76. The summed E-state index contributed by atoms with van der Waals surface area (Å²) in [5, 5.41) is 16.4. The number of nitrogen functional groups attached to an aromatic ring is 1. The van der Waals surface area contributed by atoms with Gasteiger partial charge in [-0.1, -0.05) is 5.21 Å². The van der Waals surface area contributed by atoms with Gasteiger partial charge < -0.3 is 20.0 Å². The second kappa shape index (κ2) is 6.57. The summed E-state index contributed by atoms with van der Waals surface area (Å²) >= 11 is 0. The highest BCUT2D eigenvalue weighted by atomic mass is 19.1. The molecule has 0 amide bonds. The number of rotatable bonds is 4. The van der Waals surface area contributed by atoms with Gasteiger partial charge in [0.15, 0.2) is 16.9 Å². The average molecular weight is 388 g/mol. The molecule has 28 heavy (non-hydrogen) atoms. The Hall–Kier alpha value is -4.09. The van der Waals surface area contributed by atoms with E-state index in [0.29, 0.717) is 5.76 Å². The molecular formula is C16H10F2N6O4. The normalized spacial score (nSPS) is 11.1. The highest BCUT2D eigenvalue weighted by Crippen LogP contribution is 2.27. The molecule has 4 rings (SSSR count). The molecule has 0 bridgehead atoms. The molecule has 3 N–H and O–H groups in total. The maximum Gasteiger partial charge on any atom is 0.511 e. The standard InChI is InChI=1S/C16H10F2N6O4/c17-9-4-7(28-16(25)26)5-10(18)8(9)6-24-14-13(22-23-24)12(20-15(19)21-14)11-2-1-3-27-11/h1-5H,6H2,(H,25,26)(H2,19,20,21). The fourth-order valence-electron chi connectivity index (χ4n) is 2.60. The van der Waals surface area contributed by atoms with E-state index in [0.717, 1.165) is 16.8 Å². The SMILES string of the molecule is Nc1nc(-c2ccco2)c2nnn(Cc3c(F)cc(OC(=O)O)cc3F)c2n1. The van der Waals surface area contributed by atoms with Gasteiger partial charge in [0.25, 0.3) is 0 Å². The number of fused-ring (bicyclic) bond motifs is 1. The van der Waals surface area contributed by atoms with Crippen LogP contribution in [0.1, 0.15) is 5.56 Å². The number of carbonyl (C=O) groups is 1. The van der Waals surface area contributed by atoms with Crippen LogP contribution in [0.5, 0.6) is 5.75 Å². The highest BCUT2D eigenvalue weighted by molar-refractivity contribution is 5.85. The van der Waals surface area contributed by atoms with E-state index < -0.39 is 23.5 Å². The van der Waals surface area contributed by atoms with Gasteiger partial charge in [0.1, 0.15) is 23.1 Å². The van der Waals surface area contributed by atoms with E-state index in [2.05, 4.69) is 25.0 Å². The van der Waals surface area contributed by atoms with Crippen molar-refractivity contribution in [3.63, 3.8) is 0 Å². The van der Waals surface area contributed by atoms with Gasteiger partial charge in [0.05, 0.1) is 12.8 Å². The van der Waals surface area contributed by atoms with Crippen LogP contribution in [-0.2, 0) is 6.54 Å². The minimum atomic E-state index is -1.69. The van der Waals surface area contributed by atoms with Crippen LogP contribution >= 0.6 is 0 Å². The predicted octanol–water partition coefficient (Wildman–Crippen LogP) is 2.45. The Kier molecular flexibility index (Phi) is 4.07. The molecule has 0 atom stereocenters. The number of ether oxygens (including phenoxy) is 1. The number of hydrogen-bond acceptors (Lipinski definition) is 8. The Balaban J connectivity index is 1.76. The van der Waals surface area contributed by atoms with Crippen LogP contribution in [0.2, 0.25) is 0 Å². The van der Waals surface area contributed by atoms with Crippen molar-refractivity contribution >= 4 is 23.3 Å². The topological polar surface area (TPSA) is 142 Å². The van der Waals surface area contributed by atoms with Crippen LogP contribution in [0.3, 0.4) is 0 Å². The number of nitrogens with two attached hydrogens (primary N) is 1. The van der Waals surface area contributed by atoms with Gasteiger partial charge in [-0.05, 0) is 12.1 Å². The molecule has 0 fully saturated rings. The maximum absolute atomic E-state index is 14.3. The summed E-state index contributed by atoms with van der Waals surface area (Å²) in [4.78, 5) is 18.6. The lowest BCUT2D eigenvalue weighted by molar-refractivity contribution is 0.144. The molecule has 3 heterocycles. The zero-order valence-electron chi connectivity index (χ0n) is 13.8. The van der Waals surface area contributed by atoms with Crippen molar-refractivity contribution in [1.29, 1.82) is 0 Å². The molecule has 0 unspecified atom stereocenters. The van der Waals surface area contributed by atoms with E-state index in [1.165, 1.54) is 6.26 Å². The first-order valence-corrected chi connectivity index (χ1v) is 7.71. The van der Waals surface area contributed by atoms with Crippen LogP contribution in [-0.4, -0.2) is 36.2 Å². The van der Waals surface area contributed by atoms with E-state index in [1.54, 1.807) is 12.1 Å². The summed E-state index contributed by atoms with van der Waals surface area (Å²) in [6.07, 6.45) is -0.249. The smallest absolute Gasteiger partial charge is 0.463 e. The van der Waals surface area contributed by atoms with Crippen molar-refractivity contribution in [3.05, 3.63) is 47.7 Å². The molecule has 0 spiro atoms. The number of benzene rings is 1. The Bertz CT molecular complexity index is 1170. The van der Waals surface area contributed by atoms with Crippen molar-refractivity contribution in [3.8, 4) is 17.2 Å². The van der Waals surface area contributed by atoms with Gasteiger partial charge in [-0.25, -0.2) is 23.2 Å². The highest BCUT2D eigenvalue weighted by Gasteiger charge is 2.20. The van der Waals surface area contributed by atoms with Crippen LogP contribution in [0.4, 0.5) is 19.5 Å². The van der Waals surface area contributed by atoms with Crippen LogP contribution in [0.25, 0.3) is 22.6 Å². The second-order valence-electron chi connectivity index (χ2n) is 5.56. The number of anilines is 1. The fraction of sp³-hybridized carbons (Fsp3) is 0.0625. The largest absolute Gasteiger partial charge is 0.511 e. The molecule has 0 saturated heterocycles. The van der Waals surface area contributed by atoms with Crippen molar-refractivity contribution in [2.24, 2.45) is 0 Å². The van der Waals surface area contributed by atoms with Gasteiger partial charge in [-0.15, -0.1) is 5.10 Å².